The molecule has 0 saturated heterocycles. The van der Waals surface area contributed by atoms with E-state index in [1.807, 2.05) is 0 Å². The third-order valence-electron chi connectivity index (χ3n) is 2.96. The molecule has 0 aliphatic rings. The summed E-state index contributed by atoms with van der Waals surface area (Å²) in [6.07, 6.45) is -0.995. The highest BCUT2D eigenvalue weighted by Gasteiger charge is 2.18. The molecule has 1 atom stereocenters. The molecule has 2 rings (SSSR count). The summed E-state index contributed by atoms with van der Waals surface area (Å²) < 4.78 is 22.9. The Bertz CT molecular complexity index is 704. The lowest BCUT2D eigenvalue weighted by molar-refractivity contribution is -0.155. The van der Waals surface area contributed by atoms with Crippen molar-refractivity contribution < 1.29 is 23.5 Å². The number of amides is 1. The first-order valence-electron chi connectivity index (χ1n) is 7.08. The third kappa shape index (κ3) is 5.55. The molecule has 0 bridgehead atoms. The van der Waals surface area contributed by atoms with E-state index in [0.29, 0.717) is 16.5 Å². The standard InChI is InChI=1S/C17H15ClFNO4/c1-11(17(22)20-14-6-2-12(18)3-7-14)24-16(21)10-23-15-8-4-13(19)5-9-15/h2-9,11H,10H2,1H3,(H,20,22)/t11-/m1/s1. The lowest BCUT2D eigenvalue weighted by Gasteiger charge is -2.14. The van der Waals surface area contributed by atoms with Crippen LogP contribution < -0.4 is 10.1 Å². The first kappa shape index (κ1) is 17.7. The van der Waals surface area contributed by atoms with Gasteiger partial charge in [0.05, 0.1) is 0 Å². The zero-order chi connectivity index (χ0) is 17.5. The number of esters is 1. The Labute approximate surface area is 143 Å². The number of carbonyl (C=O) groups is 2. The van der Waals surface area contributed by atoms with Gasteiger partial charge < -0.3 is 14.8 Å². The summed E-state index contributed by atoms with van der Waals surface area (Å²) in [6, 6.07) is 11.7. The average Bonchev–Trinajstić information content (AvgIpc) is 2.56. The fraction of sp³-hybridized carbons (Fsp3) is 0.176. The van der Waals surface area contributed by atoms with Crippen molar-refractivity contribution in [1.82, 2.24) is 0 Å². The number of halogens is 2. The van der Waals surface area contributed by atoms with Gasteiger partial charge in [0.25, 0.3) is 5.91 Å². The SMILES string of the molecule is C[C@@H](OC(=O)COc1ccc(F)cc1)C(=O)Nc1ccc(Cl)cc1. The van der Waals surface area contributed by atoms with Crippen LogP contribution in [0.15, 0.2) is 48.5 Å². The van der Waals surface area contributed by atoms with Gasteiger partial charge in [-0.15, -0.1) is 0 Å². The van der Waals surface area contributed by atoms with Crippen molar-refractivity contribution in [2.24, 2.45) is 0 Å². The molecule has 1 N–H and O–H groups in total. The summed E-state index contributed by atoms with van der Waals surface area (Å²) in [4.78, 5) is 23.6. The zero-order valence-electron chi connectivity index (χ0n) is 12.8. The molecule has 5 nitrogen and oxygen atoms in total. The smallest absolute Gasteiger partial charge is 0.344 e. The number of rotatable bonds is 6. The predicted molar refractivity (Wildman–Crippen MR) is 87.5 cm³/mol. The highest BCUT2D eigenvalue weighted by molar-refractivity contribution is 6.30. The van der Waals surface area contributed by atoms with Gasteiger partial charge in [-0.25, -0.2) is 9.18 Å². The summed E-state index contributed by atoms with van der Waals surface area (Å²) in [5, 5.41) is 3.14. The van der Waals surface area contributed by atoms with Crippen LogP contribution >= 0.6 is 11.6 Å². The Kier molecular flexibility index (Phi) is 6.14. The molecule has 0 unspecified atom stereocenters. The predicted octanol–water partition coefficient (Wildman–Crippen LogP) is 3.43. The number of carbonyl (C=O) groups excluding carboxylic acids is 2. The largest absolute Gasteiger partial charge is 0.482 e. The van der Waals surface area contributed by atoms with E-state index in [9.17, 15) is 14.0 Å². The summed E-state index contributed by atoms with van der Waals surface area (Å²) in [5.41, 5.74) is 0.537. The number of nitrogens with one attached hydrogen (secondary N) is 1. The molecule has 0 heterocycles. The Balaban J connectivity index is 1.78. The van der Waals surface area contributed by atoms with Gasteiger partial charge in [0.2, 0.25) is 0 Å². The minimum Gasteiger partial charge on any atom is -0.482 e. The van der Waals surface area contributed by atoms with Crippen molar-refractivity contribution >= 4 is 29.2 Å². The molecule has 126 valence electrons. The normalized spacial score (nSPS) is 11.5. The quantitative estimate of drug-likeness (QED) is 0.810. The summed E-state index contributed by atoms with van der Waals surface area (Å²) in [6.45, 7) is 1.06. The van der Waals surface area contributed by atoms with Gasteiger partial charge in [0.15, 0.2) is 12.7 Å². The van der Waals surface area contributed by atoms with Gasteiger partial charge in [-0.05, 0) is 55.5 Å². The molecule has 0 fully saturated rings. The fourth-order valence-electron chi connectivity index (χ4n) is 1.73. The van der Waals surface area contributed by atoms with Gasteiger partial charge in [-0.3, -0.25) is 4.79 Å². The number of hydrogen-bond donors (Lipinski definition) is 1. The molecule has 2 aromatic carbocycles. The van der Waals surface area contributed by atoms with E-state index in [1.165, 1.54) is 31.2 Å². The first-order chi connectivity index (χ1) is 11.4. The Morgan fingerprint density at radius 3 is 2.38 bits per heavy atom. The van der Waals surface area contributed by atoms with Crippen molar-refractivity contribution in [2.75, 3.05) is 11.9 Å². The molecular formula is C17H15ClFNO4. The number of ether oxygens (including phenoxy) is 2. The molecule has 0 radical (unpaired) electrons. The van der Waals surface area contributed by atoms with E-state index in [4.69, 9.17) is 21.1 Å². The van der Waals surface area contributed by atoms with Crippen molar-refractivity contribution in [2.45, 2.75) is 13.0 Å². The topological polar surface area (TPSA) is 64.6 Å². The Hall–Kier alpha value is -2.60. The van der Waals surface area contributed by atoms with Crippen molar-refractivity contribution in [3.05, 3.63) is 59.4 Å². The fourth-order valence-corrected chi connectivity index (χ4v) is 1.86. The van der Waals surface area contributed by atoms with Crippen LogP contribution in [0.5, 0.6) is 5.75 Å². The second kappa shape index (κ2) is 8.31. The summed E-state index contributed by atoms with van der Waals surface area (Å²) in [5.74, 6) is -1.27. The van der Waals surface area contributed by atoms with E-state index < -0.39 is 23.8 Å². The highest BCUT2D eigenvalue weighted by Crippen LogP contribution is 2.14. The number of benzene rings is 2. The molecule has 0 aromatic heterocycles. The highest BCUT2D eigenvalue weighted by atomic mass is 35.5. The maximum Gasteiger partial charge on any atom is 0.344 e. The molecule has 0 spiro atoms. The first-order valence-corrected chi connectivity index (χ1v) is 7.46. The summed E-state index contributed by atoms with van der Waals surface area (Å²) in [7, 11) is 0. The van der Waals surface area contributed by atoms with E-state index in [0.717, 1.165) is 0 Å². The van der Waals surface area contributed by atoms with Crippen LogP contribution in [-0.4, -0.2) is 24.6 Å². The van der Waals surface area contributed by atoms with Gasteiger partial charge in [-0.1, -0.05) is 11.6 Å². The molecule has 0 aliphatic heterocycles. The van der Waals surface area contributed by atoms with Gasteiger partial charge in [0, 0.05) is 10.7 Å². The van der Waals surface area contributed by atoms with Crippen LogP contribution in [0.3, 0.4) is 0 Å². The molecule has 24 heavy (non-hydrogen) atoms. The van der Waals surface area contributed by atoms with E-state index >= 15 is 0 Å². The van der Waals surface area contributed by atoms with Crippen molar-refractivity contribution in [3.63, 3.8) is 0 Å². The molecule has 0 saturated carbocycles. The van der Waals surface area contributed by atoms with E-state index in [1.54, 1.807) is 24.3 Å². The van der Waals surface area contributed by atoms with Crippen molar-refractivity contribution in [3.8, 4) is 5.75 Å². The second-order valence-electron chi connectivity index (χ2n) is 4.87. The lowest BCUT2D eigenvalue weighted by Crippen LogP contribution is -2.31. The van der Waals surface area contributed by atoms with E-state index in [-0.39, 0.29) is 6.61 Å². The number of hydrogen-bond acceptors (Lipinski definition) is 4. The minimum atomic E-state index is -0.995. The maximum absolute atomic E-state index is 12.7. The Morgan fingerprint density at radius 1 is 1.12 bits per heavy atom. The monoisotopic (exact) mass is 351 g/mol. The van der Waals surface area contributed by atoms with Crippen LogP contribution in [0, 0.1) is 5.82 Å². The van der Waals surface area contributed by atoms with Crippen LogP contribution in [0.4, 0.5) is 10.1 Å². The second-order valence-corrected chi connectivity index (χ2v) is 5.31. The molecular weight excluding hydrogens is 337 g/mol. The van der Waals surface area contributed by atoms with Gasteiger partial charge >= 0.3 is 5.97 Å². The molecule has 0 aliphatic carbocycles. The van der Waals surface area contributed by atoms with Gasteiger partial charge in [-0.2, -0.15) is 0 Å². The van der Waals surface area contributed by atoms with Crippen molar-refractivity contribution in [1.29, 1.82) is 0 Å². The summed E-state index contributed by atoms with van der Waals surface area (Å²) >= 11 is 5.76. The number of anilines is 1. The van der Waals surface area contributed by atoms with Crippen LogP contribution in [0.1, 0.15) is 6.92 Å². The molecule has 2 aromatic rings. The van der Waals surface area contributed by atoms with E-state index in [2.05, 4.69) is 5.32 Å². The third-order valence-corrected chi connectivity index (χ3v) is 3.21. The molecule has 1 amide bonds. The maximum atomic E-state index is 12.7. The van der Waals surface area contributed by atoms with Crippen LogP contribution in [0.25, 0.3) is 0 Å². The van der Waals surface area contributed by atoms with Crippen LogP contribution in [0.2, 0.25) is 5.02 Å². The van der Waals surface area contributed by atoms with Gasteiger partial charge in [0.1, 0.15) is 11.6 Å². The lowest BCUT2D eigenvalue weighted by atomic mass is 10.3. The average molecular weight is 352 g/mol. The minimum absolute atomic E-state index is 0.326. The Morgan fingerprint density at radius 2 is 1.75 bits per heavy atom. The zero-order valence-corrected chi connectivity index (χ0v) is 13.5. The van der Waals surface area contributed by atoms with Crippen LogP contribution in [-0.2, 0) is 14.3 Å². The molecule has 7 heteroatoms.